The van der Waals surface area contributed by atoms with E-state index in [1.807, 2.05) is 0 Å². The molecule has 1 amide bonds. The Morgan fingerprint density at radius 2 is 1.71 bits per heavy atom. The van der Waals surface area contributed by atoms with E-state index in [0.717, 1.165) is 0 Å². The van der Waals surface area contributed by atoms with Crippen molar-refractivity contribution in [3.8, 4) is 0 Å². The van der Waals surface area contributed by atoms with E-state index in [4.69, 9.17) is 23.2 Å². The van der Waals surface area contributed by atoms with Crippen LogP contribution in [-0.2, 0) is 0 Å². The third-order valence-electron chi connectivity index (χ3n) is 3.62. The number of nitrogens with zero attached hydrogens (tertiary/aromatic N) is 1. The normalized spacial score (nSPS) is 10.4. The number of nitrogens with one attached hydrogen (secondary N) is 2. The topological polar surface area (TPSA) is 84.3 Å². The molecule has 6 nitrogen and oxygen atoms in total. The molecular weight excluding hydrogens is 421 g/mol. The number of non-ortho nitro benzene ring substituents is 1. The maximum atomic E-state index is 12.5. The molecule has 0 atom stereocenters. The smallest absolute Gasteiger partial charge is 0.270 e. The molecule has 3 rings (SSSR count). The number of nitro groups is 1. The van der Waals surface area contributed by atoms with Gasteiger partial charge in [0.15, 0.2) is 0 Å². The summed E-state index contributed by atoms with van der Waals surface area (Å²) in [5.74, 6) is -0.303. The molecule has 9 heteroatoms. The Labute approximate surface area is 175 Å². The fourth-order valence-electron chi connectivity index (χ4n) is 2.28. The minimum Gasteiger partial charge on any atom is -0.326 e. The van der Waals surface area contributed by atoms with Gasteiger partial charge in [-0.2, -0.15) is 0 Å². The monoisotopic (exact) mass is 433 g/mol. The zero-order valence-corrected chi connectivity index (χ0v) is 16.5. The summed E-state index contributed by atoms with van der Waals surface area (Å²) >= 11 is 13.1. The summed E-state index contributed by atoms with van der Waals surface area (Å²) < 4.78 is 3.08. The van der Waals surface area contributed by atoms with Crippen molar-refractivity contribution in [2.75, 3.05) is 10.0 Å². The van der Waals surface area contributed by atoms with Crippen molar-refractivity contribution in [1.82, 2.24) is 0 Å². The summed E-state index contributed by atoms with van der Waals surface area (Å²) in [5.41, 5.74) is 1.67. The Morgan fingerprint density at radius 1 is 0.929 bits per heavy atom. The summed E-state index contributed by atoms with van der Waals surface area (Å²) in [6.45, 7) is 0. The molecule has 0 spiro atoms. The minimum absolute atomic E-state index is 0.0153. The molecule has 0 aromatic heterocycles. The molecule has 0 heterocycles. The van der Waals surface area contributed by atoms with E-state index in [1.54, 1.807) is 54.6 Å². The van der Waals surface area contributed by atoms with Crippen LogP contribution >= 0.6 is 35.1 Å². The molecule has 142 valence electrons. The Morgan fingerprint density at radius 3 is 2.46 bits per heavy atom. The number of amides is 1. The van der Waals surface area contributed by atoms with Crippen LogP contribution in [0.25, 0.3) is 0 Å². The predicted molar refractivity (Wildman–Crippen MR) is 113 cm³/mol. The zero-order valence-electron chi connectivity index (χ0n) is 14.2. The molecule has 0 unspecified atom stereocenters. The Bertz CT molecular complexity index is 1050. The van der Waals surface area contributed by atoms with Gasteiger partial charge in [0, 0.05) is 34.0 Å². The summed E-state index contributed by atoms with van der Waals surface area (Å²) in [6, 6.07) is 18.0. The number of carbonyl (C=O) groups is 1. The molecule has 0 radical (unpaired) electrons. The maximum absolute atomic E-state index is 12.5. The van der Waals surface area contributed by atoms with Gasteiger partial charge in [-0.1, -0.05) is 35.3 Å². The van der Waals surface area contributed by atoms with Crippen LogP contribution in [0.3, 0.4) is 0 Å². The van der Waals surface area contributed by atoms with E-state index in [0.29, 0.717) is 31.9 Å². The molecule has 0 saturated heterocycles. The lowest BCUT2D eigenvalue weighted by Gasteiger charge is -2.09. The van der Waals surface area contributed by atoms with Gasteiger partial charge in [0.25, 0.3) is 11.6 Å². The zero-order chi connectivity index (χ0) is 20.1. The first-order valence-corrected chi connectivity index (χ1v) is 9.53. The average molecular weight is 434 g/mol. The van der Waals surface area contributed by atoms with E-state index in [-0.39, 0.29) is 11.6 Å². The number of rotatable bonds is 6. The number of benzene rings is 3. The third-order valence-corrected chi connectivity index (χ3v) is 5.18. The lowest BCUT2D eigenvalue weighted by molar-refractivity contribution is -0.385. The number of carbonyl (C=O) groups excluding carboxylic acids is 1. The molecule has 0 fully saturated rings. The second-order valence-corrected chi connectivity index (χ2v) is 7.32. The highest BCUT2D eigenvalue weighted by atomic mass is 35.5. The van der Waals surface area contributed by atoms with Gasteiger partial charge in [-0.25, -0.2) is 0 Å². The van der Waals surface area contributed by atoms with Crippen LogP contribution in [0.5, 0.6) is 0 Å². The number of nitro benzene ring substituents is 1. The molecule has 0 aliphatic rings. The van der Waals surface area contributed by atoms with E-state index in [9.17, 15) is 14.9 Å². The third kappa shape index (κ3) is 5.16. The minimum atomic E-state index is -0.446. The molecular formula is C19H13Cl2N3O3S. The van der Waals surface area contributed by atoms with Gasteiger partial charge in [0.2, 0.25) is 0 Å². The van der Waals surface area contributed by atoms with Gasteiger partial charge < -0.3 is 10.0 Å². The van der Waals surface area contributed by atoms with Gasteiger partial charge in [0.05, 0.1) is 15.0 Å². The highest BCUT2D eigenvalue weighted by molar-refractivity contribution is 8.00. The van der Waals surface area contributed by atoms with Gasteiger partial charge in [-0.05, 0) is 54.4 Å². The van der Waals surface area contributed by atoms with Crippen LogP contribution in [0.15, 0.2) is 71.6 Å². The SMILES string of the molecule is O=C(Nc1ccc(Cl)c(Cl)c1)c1cccc(NSc2cccc([N+](=O)[O-])c2)c1. The lowest BCUT2D eigenvalue weighted by Crippen LogP contribution is -2.11. The lowest BCUT2D eigenvalue weighted by atomic mass is 10.2. The van der Waals surface area contributed by atoms with E-state index in [1.165, 1.54) is 24.1 Å². The van der Waals surface area contributed by atoms with Crippen molar-refractivity contribution in [2.45, 2.75) is 4.90 Å². The second kappa shape index (κ2) is 8.97. The largest absolute Gasteiger partial charge is 0.326 e. The fraction of sp³-hybridized carbons (Fsp3) is 0. The summed E-state index contributed by atoms with van der Waals surface area (Å²) in [7, 11) is 0. The first kappa shape index (κ1) is 20.0. The molecule has 3 aromatic rings. The van der Waals surface area contributed by atoms with Crippen molar-refractivity contribution >= 4 is 58.1 Å². The van der Waals surface area contributed by atoms with Crippen molar-refractivity contribution in [2.24, 2.45) is 0 Å². The van der Waals surface area contributed by atoms with Gasteiger partial charge in [-0.3, -0.25) is 14.9 Å². The standard InChI is InChI=1S/C19H13Cl2N3O3S/c20-17-8-7-13(10-18(17)21)22-19(25)12-3-1-4-14(9-12)23-28-16-6-2-5-15(11-16)24(26)27/h1-11,23H,(H,22,25). The highest BCUT2D eigenvalue weighted by Gasteiger charge is 2.09. The van der Waals surface area contributed by atoms with Crippen molar-refractivity contribution in [3.05, 3.63) is 92.5 Å². The summed E-state index contributed by atoms with van der Waals surface area (Å²) in [5, 5.41) is 14.4. The molecule has 3 aromatic carbocycles. The summed E-state index contributed by atoms with van der Waals surface area (Å²) in [4.78, 5) is 23.5. The van der Waals surface area contributed by atoms with E-state index >= 15 is 0 Å². The predicted octanol–water partition coefficient (Wildman–Crippen LogP) is 6.27. The molecule has 28 heavy (non-hydrogen) atoms. The first-order chi connectivity index (χ1) is 13.4. The van der Waals surface area contributed by atoms with E-state index in [2.05, 4.69) is 10.0 Å². The number of halogens is 2. The van der Waals surface area contributed by atoms with Crippen LogP contribution in [0.4, 0.5) is 17.1 Å². The van der Waals surface area contributed by atoms with Crippen LogP contribution < -0.4 is 10.0 Å². The van der Waals surface area contributed by atoms with Crippen molar-refractivity contribution < 1.29 is 9.72 Å². The second-order valence-electron chi connectivity index (χ2n) is 5.62. The average Bonchev–Trinajstić information content (AvgIpc) is 2.69. The first-order valence-electron chi connectivity index (χ1n) is 7.96. The Balaban J connectivity index is 1.67. The molecule has 2 N–H and O–H groups in total. The van der Waals surface area contributed by atoms with Crippen molar-refractivity contribution in [3.63, 3.8) is 0 Å². The Hall–Kier alpha value is -2.74. The molecule has 0 saturated carbocycles. The van der Waals surface area contributed by atoms with Gasteiger partial charge in [-0.15, -0.1) is 0 Å². The van der Waals surface area contributed by atoms with E-state index < -0.39 is 4.92 Å². The molecule has 0 bridgehead atoms. The van der Waals surface area contributed by atoms with Crippen LogP contribution in [0.1, 0.15) is 10.4 Å². The Kier molecular flexibility index (Phi) is 6.41. The number of hydrogen-bond donors (Lipinski definition) is 2. The number of anilines is 2. The number of hydrogen-bond acceptors (Lipinski definition) is 5. The maximum Gasteiger partial charge on any atom is 0.270 e. The quantitative estimate of drug-likeness (QED) is 0.271. The summed E-state index contributed by atoms with van der Waals surface area (Å²) in [6.07, 6.45) is 0. The van der Waals surface area contributed by atoms with Crippen LogP contribution in [-0.4, -0.2) is 10.8 Å². The van der Waals surface area contributed by atoms with Gasteiger partial charge in [0.1, 0.15) is 0 Å². The van der Waals surface area contributed by atoms with Gasteiger partial charge >= 0.3 is 0 Å². The van der Waals surface area contributed by atoms with Crippen LogP contribution in [0.2, 0.25) is 10.0 Å². The van der Waals surface area contributed by atoms with Crippen molar-refractivity contribution in [1.29, 1.82) is 0 Å². The highest BCUT2D eigenvalue weighted by Crippen LogP contribution is 2.27. The fourth-order valence-corrected chi connectivity index (χ4v) is 3.27. The van der Waals surface area contributed by atoms with Crippen LogP contribution in [0, 0.1) is 10.1 Å². The molecule has 0 aliphatic heterocycles. The molecule has 0 aliphatic carbocycles.